The predicted molar refractivity (Wildman–Crippen MR) is 135 cm³/mol. The Hall–Kier alpha value is -5.13. The minimum atomic E-state index is -0.950. The van der Waals surface area contributed by atoms with Crippen molar-refractivity contribution < 1.29 is 55.7 Å². The van der Waals surface area contributed by atoms with Crippen molar-refractivity contribution >= 4 is 18.3 Å². The molecule has 0 saturated carbocycles. The average molecular weight is 599 g/mol. The van der Waals surface area contributed by atoms with E-state index in [4.69, 9.17) is 47.1 Å². The highest BCUT2D eigenvalue weighted by atomic mass is 16.7. The van der Waals surface area contributed by atoms with Gasteiger partial charge in [0.15, 0.2) is 48.6 Å². The maximum absolute atomic E-state index is 12.9. The van der Waals surface area contributed by atoms with E-state index in [2.05, 4.69) is 11.9 Å². The second-order valence-corrected chi connectivity index (χ2v) is 8.42. The molecule has 3 N–H and O–H groups in total. The van der Waals surface area contributed by atoms with Crippen molar-refractivity contribution in [1.82, 2.24) is 15.1 Å². The lowest BCUT2D eigenvalue weighted by Gasteiger charge is -2.27. The van der Waals surface area contributed by atoms with Crippen molar-refractivity contribution in [3.8, 4) is 0 Å². The van der Waals surface area contributed by atoms with Crippen LogP contribution in [0.25, 0.3) is 0 Å². The molecule has 42 heavy (non-hydrogen) atoms. The van der Waals surface area contributed by atoms with Gasteiger partial charge in [0.25, 0.3) is 5.95 Å². The van der Waals surface area contributed by atoms with Crippen LogP contribution in [0.4, 0.5) is 14.4 Å². The van der Waals surface area contributed by atoms with Gasteiger partial charge in [0.1, 0.15) is 6.26 Å². The molecular formula is C24H30N4O14. The van der Waals surface area contributed by atoms with Gasteiger partial charge in [-0.05, 0) is 20.4 Å². The van der Waals surface area contributed by atoms with Crippen molar-refractivity contribution in [2.24, 2.45) is 5.73 Å². The summed E-state index contributed by atoms with van der Waals surface area (Å²) in [5.41, 5.74) is 5.63. The molecule has 0 fully saturated rings. The highest BCUT2D eigenvalue weighted by molar-refractivity contribution is 5.69. The predicted octanol–water partition coefficient (Wildman–Crippen LogP) is 1.02. The minimum Gasteiger partial charge on any atom is -0.441 e. The lowest BCUT2D eigenvalue weighted by Crippen LogP contribution is -2.45. The molecule has 230 valence electrons. The average Bonchev–Trinajstić information content (AvgIpc) is 3.61. The number of ether oxygens (including phenoxy) is 5. The minimum absolute atomic E-state index is 0.0135. The van der Waals surface area contributed by atoms with Crippen LogP contribution in [0.3, 0.4) is 0 Å². The first-order valence-electron chi connectivity index (χ1n) is 12.4. The van der Waals surface area contributed by atoms with Crippen LogP contribution in [0.5, 0.6) is 0 Å². The van der Waals surface area contributed by atoms with Crippen LogP contribution in [-0.4, -0.2) is 74.0 Å². The first kappa shape index (κ1) is 31.4. The van der Waals surface area contributed by atoms with Gasteiger partial charge in [-0.25, -0.2) is 24.0 Å². The molecule has 18 nitrogen and oxygen atoms in total. The maximum atomic E-state index is 12.9. The van der Waals surface area contributed by atoms with E-state index in [9.17, 15) is 24.0 Å². The van der Waals surface area contributed by atoms with E-state index in [1.165, 1.54) is 29.9 Å². The van der Waals surface area contributed by atoms with Crippen LogP contribution in [0.1, 0.15) is 23.0 Å². The fourth-order valence-electron chi connectivity index (χ4n) is 3.31. The number of amides is 3. The highest BCUT2D eigenvalue weighted by Gasteiger charge is 2.23. The number of alkyl carbamates (subject to hydrolysis) is 1. The molecule has 0 bridgehead atoms. The number of nitrogens with two attached hydrogens (primary N) is 1. The van der Waals surface area contributed by atoms with Crippen molar-refractivity contribution in [2.45, 2.75) is 27.1 Å². The zero-order valence-corrected chi connectivity index (χ0v) is 22.8. The number of aryl methyl sites for hydroxylation is 2. The molecule has 1 aliphatic heterocycles. The Morgan fingerprint density at radius 3 is 1.88 bits per heavy atom. The SMILES string of the molecule is C=C1OC=C(COC(=O)N(CCN)CCN(CCNC(=O)OCc2oc(=O)oc2C)C(=O)OCc2oc(=O)oc2C)O1. The zero-order chi connectivity index (χ0) is 30.6. The van der Waals surface area contributed by atoms with Crippen LogP contribution >= 0.6 is 0 Å². The second-order valence-electron chi connectivity index (χ2n) is 8.42. The van der Waals surface area contributed by atoms with Gasteiger partial charge in [-0.15, -0.1) is 0 Å². The van der Waals surface area contributed by atoms with Crippen LogP contribution in [-0.2, 0) is 36.9 Å². The lowest BCUT2D eigenvalue weighted by atomic mass is 10.4. The number of hydrogen-bond donors (Lipinski definition) is 2. The van der Waals surface area contributed by atoms with Gasteiger partial charge in [-0.2, -0.15) is 0 Å². The van der Waals surface area contributed by atoms with Crippen LogP contribution < -0.4 is 22.7 Å². The van der Waals surface area contributed by atoms with Crippen LogP contribution in [0, 0.1) is 13.8 Å². The molecule has 0 aliphatic carbocycles. The third-order valence-corrected chi connectivity index (χ3v) is 5.44. The van der Waals surface area contributed by atoms with Gasteiger partial charge in [-0.1, -0.05) is 0 Å². The summed E-state index contributed by atoms with van der Waals surface area (Å²) in [6, 6.07) is 0. The van der Waals surface area contributed by atoms with Gasteiger partial charge < -0.3 is 62.2 Å². The normalized spacial score (nSPS) is 12.2. The summed E-state index contributed by atoms with van der Waals surface area (Å²) in [4.78, 5) is 62.4. The number of nitrogens with one attached hydrogen (secondary N) is 1. The number of carbonyl (C=O) groups excluding carboxylic acids is 3. The quantitative estimate of drug-likeness (QED) is 0.289. The molecule has 1 aliphatic rings. The Labute approximate surface area is 237 Å². The summed E-state index contributed by atoms with van der Waals surface area (Å²) in [6.45, 7) is 5.31. The molecule has 2 aromatic rings. The first-order valence-corrected chi connectivity index (χ1v) is 12.4. The Bertz CT molecular complexity index is 1400. The summed E-state index contributed by atoms with van der Waals surface area (Å²) in [7, 11) is 0. The maximum Gasteiger partial charge on any atom is 0.519 e. The van der Waals surface area contributed by atoms with E-state index in [0.717, 1.165) is 0 Å². The second kappa shape index (κ2) is 15.0. The zero-order valence-electron chi connectivity index (χ0n) is 22.8. The van der Waals surface area contributed by atoms with Gasteiger partial charge in [-0.3, -0.25) is 0 Å². The molecule has 0 atom stereocenters. The van der Waals surface area contributed by atoms with Crippen LogP contribution in [0.15, 0.2) is 51.8 Å². The van der Waals surface area contributed by atoms with Crippen molar-refractivity contribution in [3.63, 3.8) is 0 Å². The largest absolute Gasteiger partial charge is 0.519 e. The third-order valence-electron chi connectivity index (χ3n) is 5.44. The summed E-state index contributed by atoms with van der Waals surface area (Å²) < 4.78 is 44.5. The van der Waals surface area contributed by atoms with E-state index in [0.29, 0.717) is 0 Å². The van der Waals surface area contributed by atoms with Crippen molar-refractivity contribution in [3.05, 3.63) is 68.8 Å². The molecule has 18 heteroatoms. The van der Waals surface area contributed by atoms with Crippen LogP contribution in [0.2, 0.25) is 0 Å². The molecule has 2 aromatic heterocycles. The standard InChI is InChI=1S/C24H30N4O14/c1-14-18(41-23(32)38-14)12-35-20(29)26-5-7-28(22(31)37-13-19-15(2)39-24(33)42-19)9-8-27(6-4-25)21(30)36-11-17-10-34-16(3)40-17/h10H,3-9,11-13,25H2,1-2H3,(H,26,29). The Morgan fingerprint density at radius 2 is 1.38 bits per heavy atom. The van der Waals surface area contributed by atoms with E-state index in [1.807, 2.05) is 0 Å². The summed E-state index contributed by atoms with van der Waals surface area (Å²) >= 11 is 0. The topological polar surface area (TPSA) is 229 Å². The molecule has 0 aromatic carbocycles. The number of nitrogens with zero attached hydrogens (tertiary/aromatic N) is 2. The summed E-state index contributed by atoms with van der Waals surface area (Å²) in [6.07, 6.45) is -1.22. The van der Waals surface area contributed by atoms with Crippen molar-refractivity contribution in [1.29, 1.82) is 0 Å². The monoisotopic (exact) mass is 598 g/mol. The number of rotatable bonds is 14. The molecule has 3 heterocycles. The van der Waals surface area contributed by atoms with Gasteiger partial charge in [0.05, 0.1) is 0 Å². The lowest BCUT2D eigenvalue weighted by molar-refractivity contribution is 0.0757. The van der Waals surface area contributed by atoms with E-state index in [1.54, 1.807) is 0 Å². The van der Waals surface area contributed by atoms with E-state index < -0.39 is 36.5 Å². The Balaban J connectivity index is 1.56. The highest BCUT2D eigenvalue weighted by Crippen LogP contribution is 2.16. The van der Waals surface area contributed by atoms with Gasteiger partial charge in [0, 0.05) is 39.3 Å². The molecule has 0 saturated heterocycles. The van der Waals surface area contributed by atoms with E-state index in [-0.39, 0.29) is 87.2 Å². The van der Waals surface area contributed by atoms with Gasteiger partial charge >= 0.3 is 29.9 Å². The molecule has 3 rings (SSSR count). The fraction of sp³-hybridized carbons (Fsp3) is 0.458. The smallest absolute Gasteiger partial charge is 0.441 e. The van der Waals surface area contributed by atoms with Crippen molar-refractivity contribution in [2.75, 3.05) is 45.9 Å². The first-order chi connectivity index (χ1) is 20.0. The molecule has 3 amide bonds. The third kappa shape index (κ3) is 9.51. The molecule has 0 spiro atoms. The molecular weight excluding hydrogens is 568 g/mol. The number of carbonyl (C=O) groups is 3. The summed E-state index contributed by atoms with van der Waals surface area (Å²) in [5.74, 6) is -1.25. The van der Waals surface area contributed by atoms with E-state index >= 15 is 0 Å². The Morgan fingerprint density at radius 1 is 0.833 bits per heavy atom. The van der Waals surface area contributed by atoms with Gasteiger partial charge in [0.2, 0.25) is 0 Å². The fourth-order valence-corrected chi connectivity index (χ4v) is 3.31. The number of hydrogen-bond acceptors (Lipinski definition) is 15. The Kier molecular flexibility index (Phi) is 11.2. The summed E-state index contributed by atoms with van der Waals surface area (Å²) in [5, 5.41) is 2.44. The molecule has 0 radical (unpaired) electrons. The molecule has 0 unspecified atom stereocenters.